The SMILES string of the molecule is O=C1CC(Cl)=NC=C1C(=O)Nc1cccc(Br)c1. The number of amides is 1. The molecule has 0 saturated heterocycles. The Balaban J connectivity index is 2.16. The summed E-state index contributed by atoms with van der Waals surface area (Å²) in [5.74, 6) is -0.812. The van der Waals surface area contributed by atoms with Crippen LogP contribution in [-0.2, 0) is 9.59 Å². The van der Waals surface area contributed by atoms with Crippen LogP contribution in [0.25, 0.3) is 0 Å². The number of carbonyl (C=O) groups excluding carboxylic acids is 2. The number of hydrogen-bond donors (Lipinski definition) is 1. The van der Waals surface area contributed by atoms with E-state index in [0.717, 1.165) is 4.47 Å². The zero-order valence-corrected chi connectivity index (χ0v) is 11.5. The van der Waals surface area contributed by atoms with Gasteiger partial charge in [0.25, 0.3) is 5.91 Å². The number of benzene rings is 1. The summed E-state index contributed by atoms with van der Waals surface area (Å²) in [7, 11) is 0. The Labute approximate surface area is 117 Å². The quantitative estimate of drug-likeness (QED) is 0.849. The van der Waals surface area contributed by atoms with E-state index in [9.17, 15) is 9.59 Å². The molecule has 1 heterocycles. The highest BCUT2D eigenvalue weighted by Crippen LogP contribution is 2.18. The summed E-state index contributed by atoms with van der Waals surface area (Å²) >= 11 is 8.90. The lowest BCUT2D eigenvalue weighted by atomic mass is 10.1. The van der Waals surface area contributed by atoms with E-state index in [-0.39, 0.29) is 22.9 Å². The Morgan fingerprint density at radius 1 is 1.44 bits per heavy atom. The number of ketones is 1. The van der Waals surface area contributed by atoms with Crippen molar-refractivity contribution in [3.05, 3.63) is 40.5 Å². The Hall–Kier alpha value is -1.46. The van der Waals surface area contributed by atoms with E-state index in [0.29, 0.717) is 5.69 Å². The van der Waals surface area contributed by atoms with Crippen LogP contribution in [0.15, 0.2) is 45.5 Å². The first-order valence-corrected chi connectivity index (χ1v) is 6.26. The Morgan fingerprint density at radius 2 is 2.22 bits per heavy atom. The summed E-state index contributed by atoms with van der Waals surface area (Å²) in [5, 5.41) is 2.82. The van der Waals surface area contributed by atoms with E-state index in [1.807, 2.05) is 6.07 Å². The van der Waals surface area contributed by atoms with Crippen molar-refractivity contribution in [3.63, 3.8) is 0 Å². The van der Waals surface area contributed by atoms with Gasteiger partial charge in [-0.05, 0) is 18.2 Å². The minimum Gasteiger partial charge on any atom is -0.322 e. The molecule has 1 aliphatic heterocycles. The molecule has 1 aromatic carbocycles. The number of halogens is 2. The monoisotopic (exact) mass is 326 g/mol. The number of anilines is 1. The van der Waals surface area contributed by atoms with Gasteiger partial charge in [-0.2, -0.15) is 0 Å². The van der Waals surface area contributed by atoms with Crippen molar-refractivity contribution >= 4 is 50.1 Å². The van der Waals surface area contributed by atoms with Crippen molar-refractivity contribution in [3.8, 4) is 0 Å². The van der Waals surface area contributed by atoms with Crippen LogP contribution in [0, 0.1) is 0 Å². The molecule has 0 spiro atoms. The molecular weight excluding hydrogens is 320 g/mol. The van der Waals surface area contributed by atoms with Crippen molar-refractivity contribution in [2.24, 2.45) is 4.99 Å². The van der Waals surface area contributed by atoms with Crippen molar-refractivity contribution in [2.45, 2.75) is 6.42 Å². The lowest BCUT2D eigenvalue weighted by Crippen LogP contribution is -2.23. The number of nitrogens with zero attached hydrogens (tertiary/aromatic N) is 1. The first-order chi connectivity index (χ1) is 8.56. The Kier molecular flexibility index (Phi) is 3.93. The lowest BCUT2D eigenvalue weighted by molar-refractivity contribution is -0.119. The molecular formula is C12H8BrClN2O2. The molecule has 0 saturated carbocycles. The average Bonchev–Trinajstić information content (AvgIpc) is 2.28. The van der Waals surface area contributed by atoms with Crippen LogP contribution >= 0.6 is 27.5 Å². The van der Waals surface area contributed by atoms with E-state index in [1.165, 1.54) is 6.20 Å². The van der Waals surface area contributed by atoms with Gasteiger partial charge in [-0.25, -0.2) is 4.99 Å². The van der Waals surface area contributed by atoms with Crippen LogP contribution in [0.4, 0.5) is 5.69 Å². The highest BCUT2D eigenvalue weighted by Gasteiger charge is 2.22. The van der Waals surface area contributed by atoms with Crippen LogP contribution in [0.2, 0.25) is 0 Å². The van der Waals surface area contributed by atoms with E-state index >= 15 is 0 Å². The zero-order chi connectivity index (χ0) is 13.1. The summed E-state index contributed by atoms with van der Waals surface area (Å²) < 4.78 is 0.838. The maximum atomic E-state index is 11.9. The minimum atomic E-state index is -0.481. The molecule has 0 aliphatic carbocycles. The van der Waals surface area contributed by atoms with Gasteiger partial charge in [-0.15, -0.1) is 0 Å². The molecule has 0 radical (unpaired) electrons. The van der Waals surface area contributed by atoms with Gasteiger partial charge in [0, 0.05) is 16.4 Å². The van der Waals surface area contributed by atoms with Crippen molar-refractivity contribution in [1.82, 2.24) is 0 Å². The Morgan fingerprint density at radius 3 is 2.89 bits per heavy atom. The van der Waals surface area contributed by atoms with Gasteiger partial charge in [-0.3, -0.25) is 9.59 Å². The topological polar surface area (TPSA) is 58.5 Å². The second-order valence-corrected chi connectivity index (χ2v) is 4.96. The second-order valence-electron chi connectivity index (χ2n) is 3.61. The van der Waals surface area contributed by atoms with Crippen molar-refractivity contribution in [1.29, 1.82) is 0 Å². The van der Waals surface area contributed by atoms with Gasteiger partial charge in [-0.1, -0.05) is 33.6 Å². The molecule has 0 atom stereocenters. The summed E-state index contributed by atoms with van der Waals surface area (Å²) in [4.78, 5) is 27.2. The van der Waals surface area contributed by atoms with Gasteiger partial charge < -0.3 is 5.32 Å². The minimum absolute atomic E-state index is 0.0133. The summed E-state index contributed by atoms with van der Waals surface area (Å²) in [5.41, 5.74) is 0.614. The number of hydrogen-bond acceptors (Lipinski definition) is 3. The second kappa shape index (κ2) is 5.46. The van der Waals surface area contributed by atoms with Crippen LogP contribution in [0.3, 0.4) is 0 Å². The van der Waals surface area contributed by atoms with Crippen molar-refractivity contribution < 1.29 is 9.59 Å². The molecule has 4 nitrogen and oxygen atoms in total. The third kappa shape index (κ3) is 3.05. The van der Waals surface area contributed by atoms with Gasteiger partial charge in [0.05, 0.1) is 6.42 Å². The number of carbonyl (C=O) groups is 2. The largest absolute Gasteiger partial charge is 0.322 e. The summed E-state index contributed by atoms with van der Waals surface area (Å²) in [6.45, 7) is 0. The number of Topliss-reactive ketones (excluding diaryl/α,β-unsaturated/α-hetero) is 1. The zero-order valence-electron chi connectivity index (χ0n) is 9.11. The fraction of sp³-hybridized carbons (Fsp3) is 0.0833. The standard InChI is InChI=1S/C12H8BrClN2O2/c13-7-2-1-3-8(4-7)16-12(18)9-6-15-11(14)5-10(9)17/h1-4,6H,5H2,(H,16,18). The number of rotatable bonds is 2. The van der Waals surface area contributed by atoms with Gasteiger partial charge in [0.1, 0.15) is 10.7 Å². The van der Waals surface area contributed by atoms with E-state index in [1.54, 1.807) is 18.2 Å². The van der Waals surface area contributed by atoms with Gasteiger partial charge in [0.2, 0.25) is 0 Å². The third-order valence-corrected chi connectivity index (χ3v) is 2.99. The lowest BCUT2D eigenvalue weighted by Gasteiger charge is -2.10. The highest BCUT2D eigenvalue weighted by atomic mass is 79.9. The normalized spacial score (nSPS) is 14.9. The maximum absolute atomic E-state index is 11.9. The average molecular weight is 328 g/mol. The first kappa shape index (κ1) is 13.0. The molecule has 1 amide bonds. The van der Waals surface area contributed by atoms with E-state index in [2.05, 4.69) is 26.2 Å². The van der Waals surface area contributed by atoms with Crippen LogP contribution in [-0.4, -0.2) is 16.9 Å². The van der Waals surface area contributed by atoms with Crippen molar-refractivity contribution in [2.75, 3.05) is 5.32 Å². The maximum Gasteiger partial charge on any atom is 0.260 e. The molecule has 0 aromatic heterocycles. The Bertz CT molecular complexity index is 581. The molecule has 6 heteroatoms. The number of nitrogens with one attached hydrogen (secondary N) is 1. The molecule has 1 aromatic rings. The molecule has 0 bridgehead atoms. The van der Waals surface area contributed by atoms with Crippen LogP contribution < -0.4 is 5.32 Å². The molecule has 0 unspecified atom stereocenters. The summed E-state index contributed by atoms with van der Waals surface area (Å²) in [6.07, 6.45) is 1.17. The van der Waals surface area contributed by atoms with Gasteiger partial charge >= 0.3 is 0 Å². The predicted molar refractivity (Wildman–Crippen MR) is 73.8 cm³/mol. The molecule has 18 heavy (non-hydrogen) atoms. The molecule has 2 rings (SSSR count). The highest BCUT2D eigenvalue weighted by molar-refractivity contribution is 9.10. The third-order valence-electron chi connectivity index (χ3n) is 2.27. The molecule has 1 aliphatic rings. The van der Waals surface area contributed by atoms with Crippen LogP contribution in [0.5, 0.6) is 0 Å². The molecule has 92 valence electrons. The molecule has 1 N–H and O–H groups in total. The van der Waals surface area contributed by atoms with Crippen LogP contribution in [0.1, 0.15) is 6.42 Å². The van der Waals surface area contributed by atoms with E-state index in [4.69, 9.17) is 11.6 Å². The first-order valence-electron chi connectivity index (χ1n) is 5.09. The predicted octanol–water partition coefficient (Wildman–Crippen LogP) is 2.88. The van der Waals surface area contributed by atoms with E-state index < -0.39 is 5.91 Å². The number of aliphatic imine (C=N–C) groups is 1. The molecule has 0 fully saturated rings. The van der Waals surface area contributed by atoms with Gasteiger partial charge in [0.15, 0.2) is 5.78 Å². The fourth-order valence-corrected chi connectivity index (χ4v) is 2.00. The smallest absolute Gasteiger partial charge is 0.260 e. The fourth-order valence-electron chi connectivity index (χ4n) is 1.43. The summed E-state index contributed by atoms with van der Waals surface area (Å²) in [6, 6.07) is 7.09.